The monoisotopic (exact) mass is 343 g/mol. The molecule has 1 amide bonds. The summed E-state index contributed by atoms with van der Waals surface area (Å²) in [7, 11) is 0. The maximum absolute atomic E-state index is 12.1. The van der Waals surface area contributed by atoms with Crippen molar-refractivity contribution in [2.75, 3.05) is 5.32 Å². The molecule has 0 bridgehead atoms. The standard InChI is InChI=1S/C22H17NO3/c24-21(23-20-9-5-4-8-19(20)22(25)26)15-12-16-10-13-18(14-11-16)17-6-2-1-3-7-17/h1-15H,(H,23,24)(H,25,26)/b15-12+. The minimum Gasteiger partial charge on any atom is -0.478 e. The van der Waals surface area contributed by atoms with E-state index < -0.39 is 5.97 Å². The van der Waals surface area contributed by atoms with Crippen LogP contribution in [0.5, 0.6) is 0 Å². The molecule has 4 heteroatoms. The molecular formula is C22H17NO3. The Kier molecular flexibility index (Phi) is 5.25. The summed E-state index contributed by atoms with van der Waals surface area (Å²) in [6.07, 6.45) is 3.07. The third-order valence-electron chi connectivity index (χ3n) is 3.86. The van der Waals surface area contributed by atoms with Gasteiger partial charge in [-0.15, -0.1) is 0 Å². The highest BCUT2D eigenvalue weighted by molar-refractivity contribution is 6.06. The SMILES string of the molecule is O=C(/C=C/c1ccc(-c2ccccc2)cc1)Nc1ccccc1C(=O)O. The zero-order valence-corrected chi connectivity index (χ0v) is 13.9. The van der Waals surface area contributed by atoms with Gasteiger partial charge in [0.25, 0.3) is 0 Å². The molecule has 3 aromatic rings. The number of carboxylic acid groups (broad SMARTS) is 1. The van der Waals surface area contributed by atoms with Crippen molar-refractivity contribution in [1.29, 1.82) is 0 Å². The van der Waals surface area contributed by atoms with Crippen LogP contribution in [0.1, 0.15) is 15.9 Å². The van der Waals surface area contributed by atoms with Gasteiger partial charge in [-0.1, -0.05) is 66.7 Å². The van der Waals surface area contributed by atoms with E-state index in [2.05, 4.69) is 5.32 Å². The lowest BCUT2D eigenvalue weighted by Crippen LogP contribution is -2.11. The van der Waals surface area contributed by atoms with Crippen molar-refractivity contribution in [2.45, 2.75) is 0 Å². The van der Waals surface area contributed by atoms with Gasteiger partial charge in [0.1, 0.15) is 0 Å². The van der Waals surface area contributed by atoms with Gasteiger partial charge in [-0.25, -0.2) is 4.79 Å². The number of carboxylic acids is 1. The van der Waals surface area contributed by atoms with Gasteiger partial charge in [-0.3, -0.25) is 4.79 Å². The average molecular weight is 343 g/mol. The highest BCUT2D eigenvalue weighted by atomic mass is 16.4. The molecule has 3 aromatic carbocycles. The molecular weight excluding hydrogens is 326 g/mol. The van der Waals surface area contributed by atoms with E-state index in [-0.39, 0.29) is 17.2 Å². The molecule has 26 heavy (non-hydrogen) atoms. The number of carbonyl (C=O) groups excluding carboxylic acids is 1. The van der Waals surface area contributed by atoms with E-state index in [1.165, 1.54) is 12.1 Å². The van der Waals surface area contributed by atoms with Crippen molar-refractivity contribution in [3.8, 4) is 11.1 Å². The van der Waals surface area contributed by atoms with Crippen LogP contribution in [0, 0.1) is 0 Å². The number of anilines is 1. The zero-order chi connectivity index (χ0) is 18.4. The molecule has 3 rings (SSSR count). The number of carbonyl (C=O) groups is 2. The summed E-state index contributed by atoms with van der Waals surface area (Å²) >= 11 is 0. The van der Waals surface area contributed by atoms with Gasteiger partial charge >= 0.3 is 5.97 Å². The van der Waals surface area contributed by atoms with Crippen molar-refractivity contribution in [1.82, 2.24) is 0 Å². The largest absolute Gasteiger partial charge is 0.478 e. The van der Waals surface area contributed by atoms with Crippen LogP contribution >= 0.6 is 0 Å². The van der Waals surface area contributed by atoms with Gasteiger partial charge in [0.2, 0.25) is 5.91 Å². The fourth-order valence-electron chi connectivity index (χ4n) is 2.54. The van der Waals surface area contributed by atoms with Crippen molar-refractivity contribution in [2.24, 2.45) is 0 Å². The second-order valence-corrected chi connectivity index (χ2v) is 5.66. The first-order chi connectivity index (χ1) is 12.6. The molecule has 128 valence electrons. The van der Waals surface area contributed by atoms with E-state index in [0.717, 1.165) is 16.7 Å². The predicted octanol–water partition coefficient (Wildman–Crippen LogP) is 4.70. The molecule has 4 nitrogen and oxygen atoms in total. The molecule has 0 aliphatic rings. The molecule has 0 atom stereocenters. The summed E-state index contributed by atoms with van der Waals surface area (Å²) in [4.78, 5) is 23.2. The third-order valence-corrected chi connectivity index (χ3v) is 3.86. The smallest absolute Gasteiger partial charge is 0.337 e. The topological polar surface area (TPSA) is 66.4 Å². The highest BCUT2D eigenvalue weighted by Gasteiger charge is 2.10. The Hall–Kier alpha value is -3.66. The van der Waals surface area contributed by atoms with Crippen LogP contribution in [0.3, 0.4) is 0 Å². The quantitative estimate of drug-likeness (QED) is 0.660. The Morgan fingerprint density at radius 2 is 1.38 bits per heavy atom. The normalized spacial score (nSPS) is 10.6. The number of hydrogen-bond donors (Lipinski definition) is 2. The third kappa shape index (κ3) is 4.24. The van der Waals surface area contributed by atoms with Crippen molar-refractivity contribution in [3.63, 3.8) is 0 Å². The average Bonchev–Trinajstić information content (AvgIpc) is 2.68. The predicted molar refractivity (Wildman–Crippen MR) is 103 cm³/mol. The summed E-state index contributed by atoms with van der Waals surface area (Å²) < 4.78 is 0. The molecule has 0 aliphatic carbocycles. The van der Waals surface area contributed by atoms with Crippen LogP contribution in [-0.2, 0) is 4.79 Å². The molecule has 0 aliphatic heterocycles. The number of hydrogen-bond acceptors (Lipinski definition) is 2. The van der Waals surface area contributed by atoms with E-state index in [0.29, 0.717) is 0 Å². The van der Waals surface area contributed by atoms with Crippen molar-refractivity contribution < 1.29 is 14.7 Å². The Morgan fingerprint density at radius 3 is 2.08 bits per heavy atom. The van der Waals surface area contributed by atoms with Crippen LogP contribution in [-0.4, -0.2) is 17.0 Å². The zero-order valence-electron chi connectivity index (χ0n) is 13.9. The van der Waals surface area contributed by atoms with Crippen molar-refractivity contribution in [3.05, 3.63) is 96.1 Å². The van der Waals surface area contributed by atoms with E-state index in [4.69, 9.17) is 5.11 Å². The fourth-order valence-corrected chi connectivity index (χ4v) is 2.54. The summed E-state index contributed by atoms with van der Waals surface area (Å²) in [5.74, 6) is -1.47. The number of aromatic carboxylic acids is 1. The van der Waals surface area contributed by atoms with E-state index in [9.17, 15) is 9.59 Å². The Balaban J connectivity index is 1.68. The lowest BCUT2D eigenvalue weighted by Gasteiger charge is -2.06. The molecule has 0 saturated carbocycles. The molecule has 0 heterocycles. The first kappa shape index (κ1) is 17.2. The number of amides is 1. The minimum atomic E-state index is -1.08. The Morgan fingerprint density at radius 1 is 0.769 bits per heavy atom. The Labute approximate surface area is 151 Å². The fraction of sp³-hybridized carbons (Fsp3) is 0. The van der Waals surface area contributed by atoms with Crippen LogP contribution in [0.4, 0.5) is 5.69 Å². The van der Waals surface area contributed by atoms with Gasteiger partial charge in [0.05, 0.1) is 11.3 Å². The molecule has 0 unspecified atom stereocenters. The molecule has 0 saturated heterocycles. The maximum atomic E-state index is 12.1. The molecule has 0 aromatic heterocycles. The van der Waals surface area contributed by atoms with Crippen LogP contribution in [0.25, 0.3) is 17.2 Å². The van der Waals surface area contributed by atoms with Crippen molar-refractivity contribution >= 4 is 23.6 Å². The molecule has 0 radical (unpaired) electrons. The Bertz CT molecular complexity index is 945. The van der Waals surface area contributed by atoms with Gasteiger partial charge in [-0.05, 0) is 34.9 Å². The first-order valence-corrected chi connectivity index (χ1v) is 8.10. The van der Waals surface area contributed by atoms with E-state index in [1.807, 2.05) is 54.6 Å². The van der Waals surface area contributed by atoms with E-state index >= 15 is 0 Å². The van der Waals surface area contributed by atoms with Gasteiger partial charge in [0.15, 0.2) is 0 Å². The highest BCUT2D eigenvalue weighted by Crippen LogP contribution is 2.20. The summed E-state index contributed by atoms with van der Waals surface area (Å²) in [6.45, 7) is 0. The van der Waals surface area contributed by atoms with Crippen LogP contribution in [0.2, 0.25) is 0 Å². The molecule has 2 N–H and O–H groups in total. The van der Waals surface area contributed by atoms with Gasteiger partial charge < -0.3 is 10.4 Å². The van der Waals surface area contributed by atoms with Crippen LogP contribution < -0.4 is 5.32 Å². The van der Waals surface area contributed by atoms with E-state index in [1.54, 1.807) is 24.3 Å². The molecule has 0 fully saturated rings. The second-order valence-electron chi connectivity index (χ2n) is 5.66. The summed E-state index contributed by atoms with van der Waals surface area (Å²) in [5.41, 5.74) is 3.44. The lowest BCUT2D eigenvalue weighted by molar-refractivity contribution is -0.111. The lowest BCUT2D eigenvalue weighted by atomic mass is 10.0. The summed E-state index contributed by atoms with van der Waals surface area (Å²) in [6, 6.07) is 24.2. The van der Waals surface area contributed by atoms with Gasteiger partial charge in [-0.2, -0.15) is 0 Å². The van der Waals surface area contributed by atoms with Gasteiger partial charge in [0, 0.05) is 6.08 Å². The van der Waals surface area contributed by atoms with Crippen LogP contribution in [0.15, 0.2) is 84.9 Å². The number of nitrogens with one attached hydrogen (secondary N) is 1. The number of benzene rings is 3. The summed E-state index contributed by atoms with van der Waals surface area (Å²) in [5, 5.41) is 11.7. The number of rotatable bonds is 5. The number of para-hydroxylation sites is 1. The molecule has 0 spiro atoms. The first-order valence-electron chi connectivity index (χ1n) is 8.10. The minimum absolute atomic E-state index is 0.0569. The second kappa shape index (κ2) is 7.94. The maximum Gasteiger partial charge on any atom is 0.337 e.